The zero-order valence-corrected chi connectivity index (χ0v) is 13.5. The third-order valence-electron chi connectivity index (χ3n) is 3.92. The Labute approximate surface area is 144 Å². The van der Waals surface area contributed by atoms with Crippen LogP contribution in [0, 0.1) is 17.1 Å². The van der Waals surface area contributed by atoms with Crippen molar-refractivity contribution in [2.24, 2.45) is 0 Å². The van der Waals surface area contributed by atoms with Crippen LogP contribution in [-0.4, -0.2) is 25.2 Å². The first-order chi connectivity index (χ1) is 12.2. The Balaban J connectivity index is 1.68. The van der Waals surface area contributed by atoms with Gasteiger partial charge in [-0.15, -0.1) is 0 Å². The monoisotopic (exact) mass is 340 g/mol. The zero-order chi connectivity index (χ0) is 17.6. The molecule has 6 heteroatoms. The number of hydrogen-bond donors (Lipinski definition) is 1. The lowest BCUT2D eigenvalue weighted by atomic mass is 10.2. The molecule has 1 atom stereocenters. The Morgan fingerprint density at radius 2 is 2.12 bits per heavy atom. The Hall–Kier alpha value is -2.91. The maximum Gasteiger partial charge on any atom is 0.262 e. The molecule has 0 bridgehead atoms. The van der Waals surface area contributed by atoms with E-state index in [2.05, 4.69) is 5.32 Å². The lowest BCUT2D eigenvalue weighted by Gasteiger charge is -2.09. The Bertz CT molecular complexity index is 812. The van der Waals surface area contributed by atoms with Gasteiger partial charge in [0.1, 0.15) is 29.0 Å². The van der Waals surface area contributed by atoms with Gasteiger partial charge in [0.15, 0.2) is 0 Å². The smallest absolute Gasteiger partial charge is 0.262 e. The van der Waals surface area contributed by atoms with Crippen molar-refractivity contribution in [3.05, 3.63) is 53.5 Å². The normalized spacial score (nSPS) is 17.3. The highest BCUT2D eigenvalue weighted by molar-refractivity contribution is 6.01. The molecule has 1 N–H and O–H groups in total. The standard InChI is InChI=1S/C19H17FN2O3/c20-15-5-3-13(4-6-15)18-8-7-16(25-18)10-14(11-21)19(23)22-12-17-2-1-9-24-17/h3-8,10,17H,1-2,9,12H2,(H,22,23)/b14-10+/t17-/m1/s1. The second-order valence-electron chi connectivity index (χ2n) is 5.72. The van der Waals surface area contributed by atoms with Crippen molar-refractivity contribution < 1.29 is 18.3 Å². The van der Waals surface area contributed by atoms with E-state index in [1.807, 2.05) is 6.07 Å². The molecular weight excluding hydrogens is 323 g/mol. The average molecular weight is 340 g/mol. The van der Waals surface area contributed by atoms with Crippen LogP contribution >= 0.6 is 0 Å². The fourth-order valence-electron chi connectivity index (χ4n) is 2.60. The van der Waals surface area contributed by atoms with E-state index in [1.54, 1.807) is 24.3 Å². The molecule has 1 amide bonds. The largest absolute Gasteiger partial charge is 0.457 e. The molecule has 2 aromatic rings. The third-order valence-corrected chi connectivity index (χ3v) is 3.92. The molecule has 0 aliphatic carbocycles. The molecule has 25 heavy (non-hydrogen) atoms. The van der Waals surface area contributed by atoms with Crippen LogP contribution in [-0.2, 0) is 9.53 Å². The summed E-state index contributed by atoms with van der Waals surface area (Å²) in [5.41, 5.74) is 0.667. The molecule has 5 nitrogen and oxygen atoms in total. The molecule has 1 aliphatic heterocycles. The van der Waals surface area contributed by atoms with E-state index in [4.69, 9.17) is 9.15 Å². The third kappa shape index (κ3) is 4.34. The summed E-state index contributed by atoms with van der Waals surface area (Å²) >= 11 is 0. The van der Waals surface area contributed by atoms with Gasteiger partial charge in [-0.1, -0.05) is 0 Å². The highest BCUT2D eigenvalue weighted by Gasteiger charge is 2.18. The fraction of sp³-hybridized carbons (Fsp3) is 0.263. The van der Waals surface area contributed by atoms with Gasteiger partial charge < -0.3 is 14.5 Å². The molecule has 0 spiro atoms. The van der Waals surface area contributed by atoms with Crippen molar-refractivity contribution in [2.75, 3.05) is 13.2 Å². The molecule has 1 aromatic heterocycles. The van der Waals surface area contributed by atoms with Gasteiger partial charge in [0, 0.05) is 24.8 Å². The van der Waals surface area contributed by atoms with Gasteiger partial charge in [-0.2, -0.15) is 5.26 Å². The molecule has 0 unspecified atom stereocenters. The minimum absolute atomic E-state index is 0.0117. The predicted molar refractivity (Wildman–Crippen MR) is 89.7 cm³/mol. The van der Waals surface area contributed by atoms with Crippen LogP contribution < -0.4 is 5.32 Å². The van der Waals surface area contributed by atoms with Gasteiger partial charge in [0.05, 0.1) is 6.10 Å². The molecule has 1 aromatic carbocycles. The average Bonchev–Trinajstić information content (AvgIpc) is 3.30. The van der Waals surface area contributed by atoms with Gasteiger partial charge >= 0.3 is 0 Å². The summed E-state index contributed by atoms with van der Waals surface area (Å²) in [6, 6.07) is 11.1. The van der Waals surface area contributed by atoms with Gasteiger partial charge in [-0.05, 0) is 49.2 Å². The van der Waals surface area contributed by atoms with Crippen molar-refractivity contribution in [3.63, 3.8) is 0 Å². The van der Waals surface area contributed by atoms with Gasteiger partial charge in [0.25, 0.3) is 5.91 Å². The van der Waals surface area contributed by atoms with Crippen LogP contribution in [0.5, 0.6) is 0 Å². The number of furan rings is 1. The second kappa shape index (κ2) is 7.77. The Morgan fingerprint density at radius 1 is 1.32 bits per heavy atom. The second-order valence-corrected chi connectivity index (χ2v) is 5.72. The molecule has 0 saturated carbocycles. The van der Waals surface area contributed by atoms with Crippen LogP contribution in [0.15, 0.2) is 46.4 Å². The number of nitriles is 1. The number of rotatable bonds is 5. The van der Waals surface area contributed by atoms with Crippen LogP contribution in [0.25, 0.3) is 17.4 Å². The zero-order valence-electron chi connectivity index (χ0n) is 13.5. The number of halogens is 1. The number of hydrogen-bond acceptors (Lipinski definition) is 4. The molecule has 128 valence electrons. The van der Waals surface area contributed by atoms with E-state index in [1.165, 1.54) is 18.2 Å². The molecular formula is C19H17FN2O3. The summed E-state index contributed by atoms with van der Waals surface area (Å²) in [5, 5.41) is 11.9. The lowest BCUT2D eigenvalue weighted by Crippen LogP contribution is -2.32. The van der Waals surface area contributed by atoms with Gasteiger partial charge in [-0.3, -0.25) is 4.79 Å². The van der Waals surface area contributed by atoms with Gasteiger partial charge in [0.2, 0.25) is 0 Å². The number of benzene rings is 1. The minimum atomic E-state index is -0.460. The van der Waals surface area contributed by atoms with Crippen LogP contribution in [0.1, 0.15) is 18.6 Å². The van der Waals surface area contributed by atoms with E-state index in [0.717, 1.165) is 12.8 Å². The summed E-state index contributed by atoms with van der Waals surface area (Å²) in [6.07, 6.45) is 3.29. The molecule has 2 heterocycles. The summed E-state index contributed by atoms with van der Waals surface area (Å²) in [4.78, 5) is 12.1. The number of carbonyl (C=O) groups is 1. The first-order valence-electron chi connectivity index (χ1n) is 8.03. The lowest BCUT2D eigenvalue weighted by molar-refractivity contribution is -0.117. The van der Waals surface area contributed by atoms with E-state index >= 15 is 0 Å². The van der Waals surface area contributed by atoms with Crippen molar-refractivity contribution in [2.45, 2.75) is 18.9 Å². The number of carbonyl (C=O) groups excluding carboxylic acids is 1. The minimum Gasteiger partial charge on any atom is -0.457 e. The summed E-state index contributed by atoms with van der Waals surface area (Å²) in [5.74, 6) is 0.120. The number of amides is 1. The quantitative estimate of drug-likeness (QED) is 0.669. The summed E-state index contributed by atoms with van der Waals surface area (Å²) < 4.78 is 24.0. The Morgan fingerprint density at radius 3 is 2.80 bits per heavy atom. The topological polar surface area (TPSA) is 75.3 Å². The Kier molecular flexibility index (Phi) is 5.26. The number of ether oxygens (including phenoxy) is 1. The molecule has 1 saturated heterocycles. The van der Waals surface area contributed by atoms with Crippen molar-refractivity contribution in [3.8, 4) is 17.4 Å². The fourth-order valence-corrected chi connectivity index (χ4v) is 2.60. The van der Waals surface area contributed by atoms with Crippen LogP contribution in [0.3, 0.4) is 0 Å². The van der Waals surface area contributed by atoms with E-state index in [0.29, 0.717) is 30.2 Å². The first kappa shape index (κ1) is 16.9. The maximum absolute atomic E-state index is 13.0. The SMILES string of the molecule is N#C/C(=C\c1ccc(-c2ccc(F)cc2)o1)C(=O)NC[C@H]1CCCO1. The van der Waals surface area contributed by atoms with E-state index < -0.39 is 5.91 Å². The van der Waals surface area contributed by atoms with Crippen molar-refractivity contribution in [1.82, 2.24) is 5.32 Å². The first-order valence-corrected chi connectivity index (χ1v) is 8.03. The van der Waals surface area contributed by atoms with E-state index in [9.17, 15) is 14.4 Å². The molecule has 1 aliphatic rings. The molecule has 3 rings (SSSR count). The summed E-state index contributed by atoms with van der Waals surface area (Å²) in [6.45, 7) is 1.09. The summed E-state index contributed by atoms with van der Waals surface area (Å²) in [7, 11) is 0. The van der Waals surface area contributed by atoms with Gasteiger partial charge in [-0.25, -0.2) is 4.39 Å². The maximum atomic E-state index is 13.0. The van der Waals surface area contributed by atoms with Crippen molar-refractivity contribution in [1.29, 1.82) is 5.26 Å². The van der Waals surface area contributed by atoms with Crippen LogP contribution in [0.2, 0.25) is 0 Å². The molecule has 0 radical (unpaired) electrons. The van der Waals surface area contributed by atoms with E-state index in [-0.39, 0.29) is 17.5 Å². The number of nitrogens with zero attached hydrogens (tertiary/aromatic N) is 1. The van der Waals surface area contributed by atoms with Crippen molar-refractivity contribution >= 4 is 12.0 Å². The highest BCUT2D eigenvalue weighted by atomic mass is 19.1. The number of nitrogens with one attached hydrogen (secondary N) is 1. The van der Waals surface area contributed by atoms with Crippen LogP contribution in [0.4, 0.5) is 4.39 Å². The predicted octanol–water partition coefficient (Wildman–Crippen LogP) is 3.29. The highest BCUT2D eigenvalue weighted by Crippen LogP contribution is 2.23. The molecule has 1 fully saturated rings.